The third kappa shape index (κ3) is 3.82. The van der Waals surface area contributed by atoms with Crippen LogP contribution in [-0.4, -0.2) is 23.5 Å². The lowest BCUT2D eigenvalue weighted by atomic mass is 9.97. The molecule has 1 amide bonds. The van der Waals surface area contributed by atoms with E-state index in [1.54, 1.807) is 0 Å². The van der Waals surface area contributed by atoms with Crippen LogP contribution in [0.1, 0.15) is 30.6 Å². The zero-order chi connectivity index (χ0) is 15.4. The second kappa shape index (κ2) is 6.72. The van der Waals surface area contributed by atoms with Crippen molar-refractivity contribution >= 4 is 33.3 Å². The van der Waals surface area contributed by atoms with Crippen LogP contribution < -0.4 is 5.32 Å². The summed E-state index contributed by atoms with van der Waals surface area (Å²) in [6, 6.07) is 7.70. The van der Waals surface area contributed by atoms with Crippen molar-refractivity contribution in [3.8, 4) is 0 Å². The summed E-state index contributed by atoms with van der Waals surface area (Å²) in [5.41, 5.74) is 0.615. The van der Waals surface area contributed by atoms with Gasteiger partial charge in [0.15, 0.2) is 0 Å². The predicted molar refractivity (Wildman–Crippen MR) is 84.7 cm³/mol. The molecule has 0 fully saturated rings. The summed E-state index contributed by atoms with van der Waals surface area (Å²) in [6.07, 6.45) is 0.556. The lowest BCUT2D eigenvalue weighted by Gasteiger charge is -2.15. The lowest BCUT2D eigenvalue weighted by Crippen LogP contribution is -2.33. The van der Waals surface area contributed by atoms with Crippen LogP contribution in [0.4, 0.5) is 0 Å². The second-order valence-corrected chi connectivity index (χ2v) is 6.43. The van der Waals surface area contributed by atoms with Crippen LogP contribution in [-0.2, 0) is 4.79 Å². The second-order valence-electron chi connectivity index (χ2n) is 5.52. The van der Waals surface area contributed by atoms with E-state index in [-0.39, 0.29) is 18.4 Å². The molecule has 21 heavy (non-hydrogen) atoms. The molecule has 5 heteroatoms. The number of carboxylic acid groups (broad SMARTS) is 1. The Morgan fingerprint density at radius 3 is 2.67 bits per heavy atom. The number of rotatable bonds is 6. The molecule has 1 unspecified atom stereocenters. The Labute approximate surface area is 127 Å². The van der Waals surface area contributed by atoms with Gasteiger partial charge in [0.1, 0.15) is 0 Å². The van der Waals surface area contributed by atoms with Crippen molar-refractivity contribution in [3.05, 3.63) is 35.2 Å². The van der Waals surface area contributed by atoms with Gasteiger partial charge in [0, 0.05) is 22.0 Å². The first kappa shape index (κ1) is 15.5. The van der Waals surface area contributed by atoms with E-state index >= 15 is 0 Å². The van der Waals surface area contributed by atoms with E-state index in [2.05, 4.69) is 5.32 Å². The summed E-state index contributed by atoms with van der Waals surface area (Å²) in [5.74, 6) is -1.33. The van der Waals surface area contributed by atoms with E-state index in [4.69, 9.17) is 0 Å². The first-order chi connectivity index (χ1) is 9.99. The Morgan fingerprint density at radius 2 is 2.00 bits per heavy atom. The number of hydrogen-bond donors (Lipinski definition) is 2. The summed E-state index contributed by atoms with van der Waals surface area (Å²) >= 11 is 1.52. The minimum atomic E-state index is -0.862. The molecule has 4 nitrogen and oxygen atoms in total. The Morgan fingerprint density at radius 1 is 1.29 bits per heavy atom. The zero-order valence-corrected chi connectivity index (χ0v) is 12.9. The molecule has 0 saturated carbocycles. The molecule has 1 heterocycles. The van der Waals surface area contributed by atoms with E-state index in [0.717, 1.165) is 10.1 Å². The molecule has 2 aromatic rings. The molecule has 0 aliphatic heterocycles. The maximum absolute atomic E-state index is 12.2. The van der Waals surface area contributed by atoms with Crippen molar-refractivity contribution in [2.45, 2.75) is 20.3 Å². The van der Waals surface area contributed by atoms with Gasteiger partial charge in [-0.15, -0.1) is 11.3 Å². The molecule has 1 aromatic carbocycles. The molecule has 0 bridgehead atoms. The number of hydrogen-bond acceptors (Lipinski definition) is 3. The lowest BCUT2D eigenvalue weighted by molar-refractivity contribution is -0.142. The van der Waals surface area contributed by atoms with Crippen LogP contribution in [0.2, 0.25) is 0 Å². The standard InChI is InChI=1S/C16H19NO3S/c1-10(2)7-11(16(19)20)8-17-15(18)13-9-21-14-6-4-3-5-12(13)14/h3-6,9-11H,7-8H2,1-2H3,(H,17,18)(H,19,20). The molecule has 2 N–H and O–H groups in total. The summed E-state index contributed by atoms with van der Waals surface area (Å²) < 4.78 is 1.06. The normalized spacial score (nSPS) is 12.5. The van der Waals surface area contributed by atoms with Gasteiger partial charge < -0.3 is 10.4 Å². The molecule has 112 valence electrons. The van der Waals surface area contributed by atoms with Crippen molar-refractivity contribution in [2.75, 3.05) is 6.54 Å². The monoisotopic (exact) mass is 305 g/mol. The highest BCUT2D eigenvalue weighted by atomic mass is 32.1. The molecule has 0 aliphatic carbocycles. The largest absolute Gasteiger partial charge is 0.481 e. The van der Waals surface area contributed by atoms with Gasteiger partial charge in [0.25, 0.3) is 5.91 Å². The number of fused-ring (bicyclic) bond motifs is 1. The van der Waals surface area contributed by atoms with Crippen LogP contribution in [0.25, 0.3) is 10.1 Å². The number of carboxylic acids is 1. The van der Waals surface area contributed by atoms with Crippen molar-refractivity contribution in [2.24, 2.45) is 11.8 Å². The van der Waals surface area contributed by atoms with E-state index in [1.165, 1.54) is 11.3 Å². The highest BCUT2D eigenvalue weighted by Crippen LogP contribution is 2.25. The highest BCUT2D eigenvalue weighted by Gasteiger charge is 2.20. The maximum atomic E-state index is 12.2. The fourth-order valence-corrected chi connectivity index (χ4v) is 3.25. The number of carbonyl (C=O) groups excluding carboxylic acids is 1. The number of amides is 1. The average Bonchev–Trinajstić information content (AvgIpc) is 2.86. The fraction of sp³-hybridized carbons (Fsp3) is 0.375. The van der Waals surface area contributed by atoms with Gasteiger partial charge in [-0.3, -0.25) is 9.59 Å². The van der Waals surface area contributed by atoms with Crippen molar-refractivity contribution in [1.82, 2.24) is 5.32 Å². The summed E-state index contributed by atoms with van der Waals surface area (Å²) in [6.45, 7) is 4.12. The summed E-state index contributed by atoms with van der Waals surface area (Å²) in [4.78, 5) is 23.4. The number of carbonyl (C=O) groups is 2. The number of aliphatic carboxylic acids is 1. The van der Waals surface area contributed by atoms with E-state index < -0.39 is 11.9 Å². The van der Waals surface area contributed by atoms with Gasteiger partial charge >= 0.3 is 5.97 Å². The quantitative estimate of drug-likeness (QED) is 0.860. The van der Waals surface area contributed by atoms with Crippen LogP contribution >= 0.6 is 11.3 Å². The third-order valence-electron chi connectivity index (χ3n) is 3.34. The summed E-state index contributed by atoms with van der Waals surface area (Å²) in [7, 11) is 0. The van der Waals surface area contributed by atoms with Crippen LogP contribution in [0.5, 0.6) is 0 Å². The van der Waals surface area contributed by atoms with Crippen LogP contribution in [0, 0.1) is 11.8 Å². The number of thiophene rings is 1. The average molecular weight is 305 g/mol. The van der Waals surface area contributed by atoms with Crippen LogP contribution in [0.3, 0.4) is 0 Å². The molecule has 0 aliphatic rings. The smallest absolute Gasteiger partial charge is 0.308 e. The predicted octanol–water partition coefficient (Wildman–Crippen LogP) is 3.38. The van der Waals surface area contributed by atoms with Gasteiger partial charge in [0.05, 0.1) is 11.5 Å². The molecule has 1 atom stereocenters. The fourth-order valence-electron chi connectivity index (χ4n) is 2.31. The Balaban J connectivity index is 2.05. The number of nitrogens with one attached hydrogen (secondary N) is 1. The molecule has 1 aromatic heterocycles. The van der Waals surface area contributed by atoms with Gasteiger partial charge in [-0.05, 0) is 18.4 Å². The Bertz CT molecular complexity index is 648. The summed E-state index contributed by atoms with van der Waals surface area (Å²) in [5, 5.41) is 14.7. The Hall–Kier alpha value is -1.88. The van der Waals surface area contributed by atoms with Crippen molar-refractivity contribution in [3.63, 3.8) is 0 Å². The van der Waals surface area contributed by atoms with E-state index in [9.17, 15) is 14.7 Å². The van der Waals surface area contributed by atoms with Gasteiger partial charge in [-0.1, -0.05) is 32.0 Å². The highest BCUT2D eigenvalue weighted by molar-refractivity contribution is 7.17. The van der Waals surface area contributed by atoms with Crippen LogP contribution in [0.15, 0.2) is 29.6 Å². The molecule has 0 radical (unpaired) electrons. The first-order valence-corrected chi connectivity index (χ1v) is 7.84. The van der Waals surface area contributed by atoms with Gasteiger partial charge in [-0.2, -0.15) is 0 Å². The molecule has 2 rings (SSSR count). The van der Waals surface area contributed by atoms with E-state index in [1.807, 2.05) is 43.5 Å². The number of benzene rings is 1. The molecular formula is C16H19NO3S. The maximum Gasteiger partial charge on any atom is 0.308 e. The van der Waals surface area contributed by atoms with E-state index in [0.29, 0.717) is 12.0 Å². The Kier molecular flexibility index (Phi) is 4.96. The zero-order valence-electron chi connectivity index (χ0n) is 12.1. The molecular weight excluding hydrogens is 286 g/mol. The molecule has 0 saturated heterocycles. The minimum Gasteiger partial charge on any atom is -0.481 e. The minimum absolute atomic E-state index is 0.163. The van der Waals surface area contributed by atoms with Gasteiger partial charge in [-0.25, -0.2) is 0 Å². The molecule has 0 spiro atoms. The third-order valence-corrected chi connectivity index (χ3v) is 4.30. The first-order valence-electron chi connectivity index (χ1n) is 6.96. The van der Waals surface area contributed by atoms with Gasteiger partial charge in [0.2, 0.25) is 0 Å². The topological polar surface area (TPSA) is 66.4 Å². The van der Waals surface area contributed by atoms with Crippen molar-refractivity contribution in [1.29, 1.82) is 0 Å². The van der Waals surface area contributed by atoms with Crippen molar-refractivity contribution < 1.29 is 14.7 Å². The SMILES string of the molecule is CC(C)CC(CNC(=O)c1csc2ccccc12)C(=O)O.